The second-order valence-electron chi connectivity index (χ2n) is 8.86. The van der Waals surface area contributed by atoms with Crippen LogP contribution in [0.3, 0.4) is 0 Å². The highest BCUT2D eigenvalue weighted by molar-refractivity contribution is 7.91. The summed E-state index contributed by atoms with van der Waals surface area (Å²) in [4.78, 5) is 13.8. The van der Waals surface area contributed by atoms with E-state index in [2.05, 4.69) is 19.8 Å². The maximum absolute atomic E-state index is 13.1. The Morgan fingerprint density at radius 2 is 1.39 bits per heavy atom. The van der Waals surface area contributed by atoms with Crippen molar-refractivity contribution < 1.29 is 16.8 Å². The van der Waals surface area contributed by atoms with Crippen LogP contribution in [0.1, 0.15) is 24.2 Å². The number of hydrogen-bond acceptors (Lipinski definition) is 8. The molecule has 0 unspecified atom stereocenters. The zero-order valence-electron chi connectivity index (χ0n) is 19.3. The molecule has 2 fully saturated rings. The van der Waals surface area contributed by atoms with Gasteiger partial charge in [-0.1, -0.05) is 6.07 Å². The van der Waals surface area contributed by atoms with Gasteiger partial charge in [-0.25, -0.2) is 26.8 Å². The zero-order chi connectivity index (χ0) is 23.8. The number of anilines is 1. The van der Waals surface area contributed by atoms with Crippen LogP contribution in [0, 0.1) is 13.8 Å². The summed E-state index contributed by atoms with van der Waals surface area (Å²) in [5, 5.41) is 0. The molecule has 0 bridgehead atoms. The maximum atomic E-state index is 13.1. The Balaban J connectivity index is 1.36. The second-order valence-corrected chi connectivity index (χ2v) is 12.8. The van der Waals surface area contributed by atoms with Gasteiger partial charge in [0.2, 0.25) is 16.0 Å². The first-order valence-electron chi connectivity index (χ1n) is 11.2. The number of nitrogens with zero attached hydrogens (tertiary/aromatic N) is 5. The Morgan fingerprint density at radius 3 is 1.97 bits per heavy atom. The third-order valence-corrected chi connectivity index (χ3v) is 9.38. The first kappa shape index (κ1) is 24.1. The molecule has 1 aromatic heterocycles. The fourth-order valence-corrected chi connectivity index (χ4v) is 6.81. The van der Waals surface area contributed by atoms with Crippen molar-refractivity contribution in [3.8, 4) is 0 Å². The van der Waals surface area contributed by atoms with Crippen molar-refractivity contribution in [3.05, 3.63) is 41.7 Å². The van der Waals surface area contributed by atoms with Crippen LogP contribution >= 0.6 is 0 Å². The van der Waals surface area contributed by atoms with Crippen molar-refractivity contribution in [2.24, 2.45) is 0 Å². The molecular weight excluding hydrogens is 462 g/mol. The molecule has 0 amide bonds. The quantitative estimate of drug-likeness (QED) is 0.617. The van der Waals surface area contributed by atoms with Crippen LogP contribution in [0.5, 0.6) is 0 Å². The summed E-state index contributed by atoms with van der Waals surface area (Å²) in [6.07, 6.45) is 3.05. The Labute approximate surface area is 196 Å². The van der Waals surface area contributed by atoms with Crippen molar-refractivity contribution in [3.63, 3.8) is 0 Å². The minimum atomic E-state index is -3.73. The van der Waals surface area contributed by atoms with E-state index in [0.717, 1.165) is 49.5 Å². The van der Waals surface area contributed by atoms with E-state index >= 15 is 0 Å². The fraction of sp³-hybridized carbons (Fsp3) is 0.545. The molecule has 9 nitrogen and oxygen atoms in total. The lowest BCUT2D eigenvalue weighted by atomic mass is 10.0. The molecule has 0 atom stereocenters. The van der Waals surface area contributed by atoms with Gasteiger partial charge in [0.1, 0.15) is 0 Å². The number of piperazine rings is 1. The van der Waals surface area contributed by atoms with Crippen molar-refractivity contribution in [1.82, 2.24) is 19.2 Å². The SMILES string of the molecule is Cc1cc(C)nc(N2CCC(N3CCN(S(=O)(=O)c4cccc(S(C)(=O)=O)c4)CC3)CC2)n1. The lowest BCUT2D eigenvalue weighted by molar-refractivity contribution is 0.119. The highest BCUT2D eigenvalue weighted by Crippen LogP contribution is 2.25. The van der Waals surface area contributed by atoms with E-state index in [4.69, 9.17) is 0 Å². The van der Waals surface area contributed by atoms with E-state index in [-0.39, 0.29) is 9.79 Å². The molecule has 0 N–H and O–H groups in total. The molecule has 0 spiro atoms. The number of rotatable bonds is 5. The predicted molar refractivity (Wildman–Crippen MR) is 127 cm³/mol. The number of aryl methyl sites for hydroxylation is 2. The Hall–Kier alpha value is -2.08. The Bertz CT molecular complexity index is 1200. The molecule has 4 rings (SSSR count). The van der Waals surface area contributed by atoms with Gasteiger partial charge in [0, 0.05) is 63.0 Å². The standard InChI is InChI=1S/C22H31N5O4S2/c1-17-15-18(2)24-22(23-17)26-9-7-19(8-10-26)25-11-13-27(14-12-25)33(30,31)21-6-4-5-20(16-21)32(3,28)29/h4-6,15-16,19H,7-14H2,1-3H3. The highest BCUT2D eigenvalue weighted by atomic mass is 32.2. The number of piperidine rings is 1. The van der Waals surface area contributed by atoms with Gasteiger partial charge in [-0.05, 0) is 51.0 Å². The van der Waals surface area contributed by atoms with Gasteiger partial charge in [0.25, 0.3) is 0 Å². The molecule has 0 saturated carbocycles. The number of aromatic nitrogens is 2. The molecule has 2 saturated heterocycles. The first-order chi connectivity index (χ1) is 15.5. The summed E-state index contributed by atoms with van der Waals surface area (Å²) in [6, 6.07) is 7.99. The summed E-state index contributed by atoms with van der Waals surface area (Å²) in [5.41, 5.74) is 1.94. The summed E-state index contributed by atoms with van der Waals surface area (Å²) < 4.78 is 51.3. The molecule has 0 radical (unpaired) electrons. The number of sulfonamides is 1. The lowest BCUT2D eigenvalue weighted by Gasteiger charge is -2.42. The zero-order valence-corrected chi connectivity index (χ0v) is 20.9. The smallest absolute Gasteiger partial charge is 0.243 e. The first-order valence-corrected chi connectivity index (χ1v) is 14.5. The van der Waals surface area contributed by atoms with Gasteiger partial charge in [-0.15, -0.1) is 0 Å². The highest BCUT2D eigenvalue weighted by Gasteiger charge is 2.33. The van der Waals surface area contributed by atoms with Crippen LogP contribution in [0.2, 0.25) is 0 Å². The van der Waals surface area contributed by atoms with Crippen LogP contribution in [0.25, 0.3) is 0 Å². The van der Waals surface area contributed by atoms with E-state index in [1.54, 1.807) is 0 Å². The van der Waals surface area contributed by atoms with Crippen LogP contribution < -0.4 is 4.90 Å². The van der Waals surface area contributed by atoms with Gasteiger partial charge >= 0.3 is 0 Å². The van der Waals surface area contributed by atoms with Crippen LogP contribution in [-0.2, 0) is 19.9 Å². The number of hydrogen-bond donors (Lipinski definition) is 0. The molecule has 2 aliphatic rings. The molecule has 180 valence electrons. The minimum absolute atomic E-state index is 0.0155. The molecule has 0 aliphatic carbocycles. The van der Waals surface area contributed by atoms with Gasteiger partial charge in [-0.2, -0.15) is 4.31 Å². The average Bonchev–Trinajstić information content (AvgIpc) is 2.78. The van der Waals surface area contributed by atoms with Crippen molar-refractivity contribution in [1.29, 1.82) is 0 Å². The maximum Gasteiger partial charge on any atom is 0.243 e. The van der Waals surface area contributed by atoms with Crippen molar-refractivity contribution in [2.75, 3.05) is 50.4 Å². The van der Waals surface area contributed by atoms with Crippen molar-refractivity contribution in [2.45, 2.75) is 42.5 Å². The molecule has 11 heteroatoms. The van der Waals surface area contributed by atoms with E-state index in [9.17, 15) is 16.8 Å². The second kappa shape index (κ2) is 9.28. The third kappa shape index (κ3) is 5.37. The van der Waals surface area contributed by atoms with Crippen LogP contribution in [0.15, 0.2) is 40.1 Å². The lowest BCUT2D eigenvalue weighted by Crippen LogP contribution is -2.54. The summed E-state index contributed by atoms with van der Waals surface area (Å²) in [6.45, 7) is 7.84. The molecule has 2 aromatic rings. The van der Waals surface area contributed by atoms with Crippen LogP contribution in [0.4, 0.5) is 5.95 Å². The molecule has 3 heterocycles. The summed E-state index contributed by atoms with van der Waals surface area (Å²) in [7, 11) is -7.21. The molecular formula is C22H31N5O4S2. The third-order valence-electron chi connectivity index (χ3n) is 6.38. The fourth-order valence-electron chi connectivity index (χ4n) is 4.60. The van der Waals surface area contributed by atoms with Gasteiger partial charge in [0.15, 0.2) is 9.84 Å². The van der Waals surface area contributed by atoms with E-state index in [1.165, 1.54) is 28.6 Å². The summed E-state index contributed by atoms with van der Waals surface area (Å²) >= 11 is 0. The molecule has 33 heavy (non-hydrogen) atoms. The minimum Gasteiger partial charge on any atom is -0.341 e. The van der Waals surface area contributed by atoms with Crippen molar-refractivity contribution >= 4 is 25.8 Å². The van der Waals surface area contributed by atoms with Gasteiger partial charge in [-0.3, -0.25) is 4.90 Å². The molecule has 2 aliphatic heterocycles. The average molecular weight is 494 g/mol. The van der Waals surface area contributed by atoms with Crippen LogP contribution in [-0.4, -0.2) is 87.6 Å². The predicted octanol–water partition coefficient (Wildman–Crippen LogP) is 1.47. The van der Waals surface area contributed by atoms with E-state index < -0.39 is 19.9 Å². The van der Waals surface area contributed by atoms with Gasteiger partial charge < -0.3 is 4.90 Å². The largest absolute Gasteiger partial charge is 0.341 e. The Morgan fingerprint density at radius 1 is 0.818 bits per heavy atom. The number of benzene rings is 1. The van der Waals surface area contributed by atoms with Gasteiger partial charge in [0.05, 0.1) is 9.79 Å². The monoisotopic (exact) mass is 493 g/mol. The van der Waals surface area contributed by atoms with E-state index in [0.29, 0.717) is 32.2 Å². The number of sulfone groups is 1. The van der Waals surface area contributed by atoms with E-state index in [1.807, 2.05) is 19.9 Å². The summed E-state index contributed by atoms with van der Waals surface area (Å²) in [5.74, 6) is 0.790. The molecule has 1 aromatic carbocycles. The Kier molecular flexibility index (Phi) is 6.77. The normalized spacial score (nSPS) is 19.7. The topological polar surface area (TPSA) is 104 Å².